The van der Waals surface area contributed by atoms with Gasteiger partial charge in [0, 0.05) is 25.9 Å². The van der Waals surface area contributed by atoms with E-state index in [-0.39, 0.29) is 30.8 Å². The van der Waals surface area contributed by atoms with Gasteiger partial charge in [-0.2, -0.15) is 0 Å². The van der Waals surface area contributed by atoms with E-state index in [1.165, 1.54) is 6.92 Å². The predicted molar refractivity (Wildman–Crippen MR) is 93.9 cm³/mol. The molecule has 0 aromatic carbocycles. The lowest BCUT2D eigenvalue weighted by molar-refractivity contribution is -0.179. The van der Waals surface area contributed by atoms with Crippen molar-refractivity contribution in [1.82, 2.24) is 15.8 Å². The number of hydrogen-bond donors (Lipinski definition) is 3. The molecule has 0 aromatic rings. The van der Waals surface area contributed by atoms with Crippen molar-refractivity contribution in [2.75, 3.05) is 13.1 Å². The van der Waals surface area contributed by atoms with Crippen molar-refractivity contribution in [3.05, 3.63) is 0 Å². The Bertz CT molecular complexity index is 394. The van der Waals surface area contributed by atoms with Gasteiger partial charge in [-0.3, -0.25) is 15.0 Å². The molecule has 2 amide bonds. The summed E-state index contributed by atoms with van der Waals surface area (Å²) in [6.07, 6.45) is -0.130. The molecule has 0 heterocycles. The van der Waals surface area contributed by atoms with Crippen LogP contribution in [0.2, 0.25) is 0 Å². The normalized spacial score (nSPS) is 14.6. The standard InChI is InChI=1S/C17H35N3O4/c1-8-14(18-13(4)21)9-15(22)19-20(10-12(2)3)11-16(23)24-17(5,6)7/h12,14,16,23H,8-11H2,1-7H3,(H,18,21)(H,19,22). The first-order valence-corrected chi connectivity index (χ1v) is 8.60. The Morgan fingerprint density at radius 1 is 1.21 bits per heavy atom. The number of carbonyl (C=O) groups excluding carboxylic acids is 2. The van der Waals surface area contributed by atoms with E-state index in [1.807, 2.05) is 41.5 Å². The Balaban J connectivity index is 4.64. The average molecular weight is 345 g/mol. The van der Waals surface area contributed by atoms with Crippen LogP contribution in [0.1, 0.15) is 61.3 Å². The molecule has 0 spiro atoms. The highest BCUT2D eigenvalue weighted by atomic mass is 16.6. The predicted octanol–water partition coefficient (Wildman–Crippen LogP) is 1.41. The van der Waals surface area contributed by atoms with Crippen LogP contribution in [0, 0.1) is 5.92 Å². The third-order valence-electron chi connectivity index (χ3n) is 3.07. The molecule has 0 bridgehead atoms. The molecule has 0 radical (unpaired) electrons. The first kappa shape index (κ1) is 22.8. The van der Waals surface area contributed by atoms with Crippen LogP contribution in [0.15, 0.2) is 0 Å². The maximum atomic E-state index is 12.2. The number of nitrogens with one attached hydrogen (secondary N) is 2. The molecule has 0 saturated carbocycles. The molecule has 2 unspecified atom stereocenters. The van der Waals surface area contributed by atoms with Gasteiger partial charge in [-0.05, 0) is 33.1 Å². The van der Waals surface area contributed by atoms with Crippen LogP contribution in [-0.2, 0) is 14.3 Å². The van der Waals surface area contributed by atoms with Gasteiger partial charge in [0.2, 0.25) is 11.8 Å². The molecule has 7 heteroatoms. The fourth-order valence-electron chi connectivity index (χ4n) is 2.27. The number of aliphatic hydroxyl groups is 1. The summed E-state index contributed by atoms with van der Waals surface area (Å²) in [5.41, 5.74) is 2.34. The molecule has 2 atom stereocenters. The molecule has 0 aromatic heterocycles. The number of nitrogens with zero attached hydrogens (tertiary/aromatic N) is 1. The monoisotopic (exact) mass is 345 g/mol. The number of aliphatic hydroxyl groups excluding tert-OH is 1. The molecule has 0 aliphatic heterocycles. The number of hydrazine groups is 1. The van der Waals surface area contributed by atoms with Crippen LogP contribution in [0.5, 0.6) is 0 Å². The molecular weight excluding hydrogens is 310 g/mol. The first-order valence-electron chi connectivity index (χ1n) is 8.60. The van der Waals surface area contributed by atoms with Gasteiger partial charge in [-0.15, -0.1) is 0 Å². The van der Waals surface area contributed by atoms with Gasteiger partial charge in [-0.1, -0.05) is 20.8 Å². The van der Waals surface area contributed by atoms with Crippen molar-refractivity contribution in [2.24, 2.45) is 5.92 Å². The lowest BCUT2D eigenvalue weighted by Gasteiger charge is -2.30. The molecule has 7 nitrogen and oxygen atoms in total. The molecular formula is C17H35N3O4. The van der Waals surface area contributed by atoms with E-state index in [2.05, 4.69) is 10.7 Å². The summed E-state index contributed by atoms with van der Waals surface area (Å²) in [6, 6.07) is -0.195. The molecule has 3 N–H and O–H groups in total. The summed E-state index contributed by atoms with van der Waals surface area (Å²) < 4.78 is 5.49. The van der Waals surface area contributed by atoms with Gasteiger partial charge in [0.15, 0.2) is 6.29 Å². The Hall–Kier alpha value is -1.18. The van der Waals surface area contributed by atoms with E-state index in [1.54, 1.807) is 5.01 Å². The van der Waals surface area contributed by atoms with Crippen LogP contribution in [0.4, 0.5) is 0 Å². The second-order valence-corrected chi connectivity index (χ2v) is 7.53. The van der Waals surface area contributed by atoms with Crippen LogP contribution in [0.3, 0.4) is 0 Å². The second-order valence-electron chi connectivity index (χ2n) is 7.53. The molecule has 0 aliphatic rings. The summed E-state index contributed by atoms with van der Waals surface area (Å²) in [5, 5.41) is 14.5. The highest BCUT2D eigenvalue weighted by Crippen LogP contribution is 2.10. The van der Waals surface area contributed by atoms with Gasteiger partial charge < -0.3 is 15.2 Å². The van der Waals surface area contributed by atoms with Gasteiger partial charge in [0.25, 0.3) is 0 Å². The molecule has 0 aliphatic carbocycles. The minimum absolute atomic E-state index is 0.150. The molecule has 0 saturated heterocycles. The highest BCUT2D eigenvalue weighted by Gasteiger charge is 2.22. The summed E-state index contributed by atoms with van der Waals surface area (Å²) in [5.74, 6) is -0.0358. The van der Waals surface area contributed by atoms with Crippen LogP contribution in [-0.4, -0.2) is 53.0 Å². The number of carbonyl (C=O) groups is 2. The Morgan fingerprint density at radius 2 is 1.79 bits per heavy atom. The lowest BCUT2D eigenvalue weighted by Crippen LogP contribution is -2.50. The van der Waals surface area contributed by atoms with Crippen molar-refractivity contribution in [1.29, 1.82) is 0 Å². The Morgan fingerprint density at radius 3 is 2.21 bits per heavy atom. The van der Waals surface area contributed by atoms with Crippen LogP contribution >= 0.6 is 0 Å². The number of amides is 2. The van der Waals surface area contributed by atoms with Gasteiger partial charge in [-0.25, -0.2) is 5.01 Å². The van der Waals surface area contributed by atoms with Crippen LogP contribution < -0.4 is 10.7 Å². The SMILES string of the molecule is CCC(CC(=O)NN(CC(C)C)CC(O)OC(C)(C)C)NC(C)=O. The first-order chi connectivity index (χ1) is 10.9. The number of hydrogen-bond acceptors (Lipinski definition) is 5. The minimum atomic E-state index is -0.999. The van der Waals surface area contributed by atoms with E-state index >= 15 is 0 Å². The fourth-order valence-corrected chi connectivity index (χ4v) is 2.27. The summed E-state index contributed by atoms with van der Waals surface area (Å²) in [4.78, 5) is 23.4. The largest absolute Gasteiger partial charge is 0.367 e. The van der Waals surface area contributed by atoms with Crippen molar-refractivity contribution in [3.8, 4) is 0 Å². The zero-order valence-corrected chi connectivity index (χ0v) is 16.2. The minimum Gasteiger partial charge on any atom is -0.367 e. The van der Waals surface area contributed by atoms with Gasteiger partial charge in [0.1, 0.15) is 0 Å². The topological polar surface area (TPSA) is 90.9 Å². The van der Waals surface area contributed by atoms with E-state index in [9.17, 15) is 14.7 Å². The van der Waals surface area contributed by atoms with Crippen molar-refractivity contribution in [2.45, 2.75) is 79.2 Å². The number of ether oxygens (including phenoxy) is 1. The van der Waals surface area contributed by atoms with Gasteiger partial charge in [0.05, 0.1) is 12.1 Å². The maximum absolute atomic E-state index is 12.2. The van der Waals surface area contributed by atoms with Crippen molar-refractivity contribution >= 4 is 11.8 Å². The van der Waals surface area contributed by atoms with Crippen molar-refractivity contribution < 1.29 is 19.4 Å². The van der Waals surface area contributed by atoms with E-state index in [4.69, 9.17) is 4.74 Å². The zero-order valence-electron chi connectivity index (χ0n) is 16.2. The Kier molecular flexibility index (Phi) is 10.1. The third-order valence-corrected chi connectivity index (χ3v) is 3.07. The molecule has 24 heavy (non-hydrogen) atoms. The van der Waals surface area contributed by atoms with E-state index < -0.39 is 11.9 Å². The third kappa shape index (κ3) is 12.3. The smallest absolute Gasteiger partial charge is 0.236 e. The molecule has 0 rings (SSSR count). The Labute approximate surface area is 146 Å². The lowest BCUT2D eigenvalue weighted by atomic mass is 10.1. The number of rotatable bonds is 10. The second kappa shape index (κ2) is 10.6. The van der Waals surface area contributed by atoms with Crippen LogP contribution in [0.25, 0.3) is 0 Å². The van der Waals surface area contributed by atoms with Gasteiger partial charge >= 0.3 is 0 Å². The highest BCUT2D eigenvalue weighted by molar-refractivity contribution is 5.78. The molecule has 0 fully saturated rings. The van der Waals surface area contributed by atoms with E-state index in [0.717, 1.165) is 0 Å². The van der Waals surface area contributed by atoms with E-state index in [0.29, 0.717) is 18.9 Å². The summed E-state index contributed by atoms with van der Waals surface area (Å²) in [7, 11) is 0. The maximum Gasteiger partial charge on any atom is 0.236 e. The van der Waals surface area contributed by atoms with Crippen molar-refractivity contribution in [3.63, 3.8) is 0 Å². The average Bonchev–Trinajstić information content (AvgIpc) is 2.33. The summed E-state index contributed by atoms with van der Waals surface area (Å²) in [6.45, 7) is 13.8. The quantitative estimate of drug-likeness (QED) is 0.411. The fraction of sp³-hybridized carbons (Fsp3) is 0.882. The molecule has 142 valence electrons. The zero-order chi connectivity index (χ0) is 18.9. The summed E-state index contributed by atoms with van der Waals surface area (Å²) >= 11 is 0.